The Morgan fingerprint density at radius 1 is 0.377 bits per heavy atom. The lowest BCUT2D eigenvalue weighted by molar-refractivity contribution is -0.870. The first-order valence-corrected chi connectivity index (χ1v) is 30.2. The molecule has 0 heterocycles. The van der Waals surface area contributed by atoms with E-state index in [9.17, 15) is 19.5 Å². The van der Waals surface area contributed by atoms with E-state index in [-0.39, 0.29) is 38.2 Å². The molecular formula is C60H118NO8+. The molecule has 9 nitrogen and oxygen atoms in total. The number of hydrogen-bond acceptors (Lipinski definition) is 7. The fourth-order valence-electron chi connectivity index (χ4n) is 9.19. The van der Waals surface area contributed by atoms with Gasteiger partial charge in [0.05, 0.1) is 34.4 Å². The van der Waals surface area contributed by atoms with Crippen molar-refractivity contribution in [1.29, 1.82) is 0 Å². The lowest BCUT2D eigenvalue weighted by atomic mass is 10.0. The summed E-state index contributed by atoms with van der Waals surface area (Å²) in [5.41, 5.74) is 0. The molecule has 0 spiro atoms. The quantitative estimate of drug-likeness (QED) is 0.0278. The summed E-state index contributed by atoms with van der Waals surface area (Å²) in [4.78, 5) is 37.0. The minimum Gasteiger partial charge on any atom is -0.477 e. The van der Waals surface area contributed by atoms with Gasteiger partial charge in [-0.2, -0.15) is 0 Å². The summed E-state index contributed by atoms with van der Waals surface area (Å²) in [6, 6.07) is 0. The second-order valence-electron chi connectivity index (χ2n) is 22.0. The molecule has 0 aromatic rings. The molecule has 0 aromatic carbocycles. The molecule has 1 N–H and O–H groups in total. The van der Waals surface area contributed by atoms with Crippen LogP contribution in [-0.4, -0.2) is 87.4 Å². The number of unbranched alkanes of at least 4 members (excludes halogenated alkanes) is 42. The largest absolute Gasteiger partial charge is 0.477 e. The molecule has 0 aromatic heterocycles. The average Bonchev–Trinajstić information content (AvgIpc) is 3.31. The maximum Gasteiger partial charge on any atom is 0.361 e. The summed E-state index contributed by atoms with van der Waals surface area (Å²) in [5.74, 6) is -1.99. The van der Waals surface area contributed by atoms with Crippen LogP contribution in [0.15, 0.2) is 0 Å². The number of esters is 2. The van der Waals surface area contributed by atoms with Crippen molar-refractivity contribution in [1.82, 2.24) is 0 Å². The maximum absolute atomic E-state index is 12.8. The van der Waals surface area contributed by atoms with Crippen molar-refractivity contribution in [2.75, 3.05) is 47.5 Å². The van der Waals surface area contributed by atoms with Crippen molar-refractivity contribution in [3.63, 3.8) is 0 Å². The van der Waals surface area contributed by atoms with Crippen LogP contribution >= 0.6 is 0 Å². The van der Waals surface area contributed by atoms with Crippen LogP contribution in [0.25, 0.3) is 0 Å². The monoisotopic (exact) mass is 981 g/mol. The van der Waals surface area contributed by atoms with Gasteiger partial charge in [-0.1, -0.05) is 284 Å². The van der Waals surface area contributed by atoms with E-state index in [1.807, 2.05) is 21.1 Å². The van der Waals surface area contributed by atoms with E-state index in [2.05, 4.69) is 13.8 Å². The third-order valence-electron chi connectivity index (χ3n) is 13.9. The number of quaternary nitrogens is 1. The Balaban J connectivity index is 3.75. The molecule has 0 bridgehead atoms. The van der Waals surface area contributed by atoms with Crippen molar-refractivity contribution >= 4 is 17.9 Å². The highest BCUT2D eigenvalue weighted by Crippen LogP contribution is 2.18. The number of likely N-dealkylation sites (N-methyl/N-ethyl adjacent to an activating group) is 1. The third kappa shape index (κ3) is 53.9. The number of carbonyl (C=O) groups excluding carboxylic acids is 2. The van der Waals surface area contributed by atoms with Crippen LogP contribution in [-0.2, 0) is 33.3 Å². The number of aliphatic carboxylic acids is 1. The van der Waals surface area contributed by atoms with Gasteiger partial charge in [0.1, 0.15) is 13.2 Å². The topological polar surface area (TPSA) is 108 Å². The molecule has 410 valence electrons. The van der Waals surface area contributed by atoms with Gasteiger partial charge >= 0.3 is 17.9 Å². The van der Waals surface area contributed by atoms with Crippen LogP contribution in [0.5, 0.6) is 0 Å². The third-order valence-corrected chi connectivity index (χ3v) is 13.9. The summed E-state index contributed by atoms with van der Waals surface area (Å²) in [5, 5.41) is 9.63. The van der Waals surface area contributed by atoms with E-state index >= 15 is 0 Å². The van der Waals surface area contributed by atoms with E-state index in [0.29, 0.717) is 17.4 Å². The predicted molar refractivity (Wildman–Crippen MR) is 291 cm³/mol. The molecule has 2 unspecified atom stereocenters. The lowest BCUT2D eigenvalue weighted by Crippen LogP contribution is -2.40. The molecule has 0 amide bonds. The fourth-order valence-corrected chi connectivity index (χ4v) is 9.19. The highest BCUT2D eigenvalue weighted by molar-refractivity contribution is 5.71. The van der Waals surface area contributed by atoms with Crippen LogP contribution in [0.3, 0.4) is 0 Å². The fraction of sp³-hybridized carbons (Fsp3) is 0.950. The minimum absolute atomic E-state index is 0.175. The molecular weight excluding hydrogens is 863 g/mol. The molecule has 0 aliphatic carbocycles. The Morgan fingerprint density at radius 3 is 0.928 bits per heavy atom. The molecule has 0 rings (SSSR count). The van der Waals surface area contributed by atoms with Gasteiger partial charge in [-0.05, 0) is 12.8 Å². The first-order valence-electron chi connectivity index (χ1n) is 30.2. The second kappa shape index (κ2) is 52.6. The maximum atomic E-state index is 12.8. The number of rotatable bonds is 57. The van der Waals surface area contributed by atoms with Gasteiger partial charge in [0.25, 0.3) is 6.29 Å². The Bertz CT molecular complexity index is 1100. The molecule has 0 aliphatic heterocycles. The van der Waals surface area contributed by atoms with E-state index in [4.69, 9.17) is 18.9 Å². The average molecular weight is 982 g/mol. The SMILES string of the molecule is CCCCCCCCCCCCCCCCCCCCCCCCCCCCCCCCCCCCCCCCC(=O)OC(COC(=O)CCCCCCCC)COC(OCC[N+](C)(C)C)C(=O)O. The van der Waals surface area contributed by atoms with Crippen molar-refractivity contribution in [3.05, 3.63) is 0 Å². The lowest BCUT2D eigenvalue weighted by Gasteiger charge is -2.25. The summed E-state index contributed by atoms with van der Waals surface area (Å²) >= 11 is 0. The van der Waals surface area contributed by atoms with E-state index < -0.39 is 18.4 Å². The number of carboxylic acids is 1. The summed E-state index contributed by atoms with van der Waals surface area (Å²) < 4.78 is 22.7. The first-order chi connectivity index (χ1) is 33.6. The standard InChI is InChI=1S/C60H117NO8/c1-6-8-10-12-14-15-16-17-18-19-20-21-22-23-24-25-26-27-28-29-30-31-32-33-34-35-36-37-38-39-40-41-42-43-44-45-47-49-51-58(63)69-56(54-67-57(62)50-48-46-13-11-9-7-2)55-68-60(59(64)65)66-53-52-61(3,4)5/h56,60H,6-55H2,1-5H3/p+1. The van der Waals surface area contributed by atoms with Gasteiger partial charge in [-0.3, -0.25) is 9.59 Å². The highest BCUT2D eigenvalue weighted by Gasteiger charge is 2.25. The Morgan fingerprint density at radius 2 is 0.652 bits per heavy atom. The normalized spacial score (nSPS) is 12.7. The predicted octanol–water partition coefficient (Wildman–Crippen LogP) is 17.6. The molecule has 69 heavy (non-hydrogen) atoms. The molecule has 0 saturated carbocycles. The number of carboxylic acid groups (broad SMARTS) is 1. The number of nitrogens with zero attached hydrogens (tertiary/aromatic N) is 1. The van der Waals surface area contributed by atoms with Crippen LogP contribution in [0.1, 0.15) is 309 Å². The molecule has 0 fully saturated rings. The number of hydrogen-bond donors (Lipinski definition) is 1. The van der Waals surface area contributed by atoms with E-state index in [0.717, 1.165) is 38.5 Å². The smallest absolute Gasteiger partial charge is 0.361 e. The summed E-state index contributed by atoms with van der Waals surface area (Å²) in [6.45, 7) is 4.85. The Kier molecular flexibility index (Phi) is 51.3. The molecule has 2 atom stereocenters. The van der Waals surface area contributed by atoms with Crippen LogP contribution in [0, 0.1) is 0 Å². The van der Waals surface area contributed by atoms with Gasteiger partial charge in [-0.15, -0.1) is 0 Å². The Labute approximate surface area is 428 Å². The van der Waals surface area contributed by atoms with Gasteiger partial charge in [0.15, 0.2) is 6.10 Å². The number of ether oxygens (including phenoxy) is 4. The summed E-state index contributed by atoms with van der Waals surface area (Å²) in [7, 11) is 5.96. The van der Waals surface area contributed by atoms with Crippen molar-refractivity contribution < 1.29 is 42.9 Å². The van der Waals surface area contributed by atoms with Gasteiger partial charge < -0.3 is 28.5 Å². The van der Waals surface area contributed by atoms with Crippen molar-refractivity contribution in [2.24, 2.45) is 0 Å². The summed E-state index contributed by atoms with van der Waals surface area (Å²) in [6.07, 6.45) is 57.0. The molecule has 0 radical (unpaired) electrons. The molecule has 0 aliphatic rings. The zero-order valence-corrected chi connectivity index (χ0v) is 46.8. The minimum atomic E-state index is -1.50. The molecule has 0 saturated heterocycles. The van der Waals surface area contributed by atoms with E-state index in [1.165, 1.54) is 244 Å². The zero-order valence-electron chi connectivity index (χ0n) is 46.8. The van der Waals surface area contributed by atoms with Gasteiger partial charge in [-0.25, -0.2) is 4.79 Å². The van der Waals surface area contributed by atoms with Crippen LogP contribution < -0.4 is 0 Å². The van der Waals surface area contributed by atoms with Gasteiger partial charge in [0, 0.05) is 12.8 Å². The first kappa shape index (κ1) is 67.3. The van der Waals surface area contributed by atoms with Crippen molar-refractivity contribution in [2.45, 2.75) is 322 Å². The second-order valence-corrected chi connectivity index (χ2v) is 22.0. The number of carbonyl (C=O) groups is 3. The van der Waals surface area contributed by atoms with Gasteiger partial charge in [0.2, 0.25) is 0 Å². The zero-order chi connectivity index (χ0) is 50.6. The highest BCUT2D eigenvalue weighted by atomic mass is 16.7. The van der Waals surface area contributed by atoms with E-state index in [1.54, 1.807) is 0 Å². The Hall–Kier alpha value is -1.71. The van der Waals surface area contributed by atoms with Crippen LogP contribution in [0.2, 0.25) is 0 Å². The van der Waals surface area contributed by atoms with Crippen molar-refractivity contribution in [3.8, 4) is 0 Å². The molecule has 9 heteroatoms. The van der Waals surface area contributed by atoms with Crippen LogP contribution in [0.4, 0.5) is 0 Å².